The van der Waals surface area contributed by atoms with E-state index < -0.39 is 10.0 Å². The number of aliphatic hydroxyl groups excluding tert-OH is 1. The summed E-state index contributed by atoms with van der Waals surface area (Å²) in [7, 11) is -3.09. The molecule has 3 rings (SSSR count). The van der Waals surface area contributed by atoms with Crippen molar-refractivity contribution in [1.82, 2.24) is 4.31 Å². The molecule has 3 saturated heterocycles. The second kappa shape index (κ2) is 5.55. The molecule has 0 radical (unpaired) electrons. The molecule has 5 unspecified atom stereocenters. The van der Waals surface area contributed by atoms with Crippen LogP contribution in [0.5, 0.6) is 0 Å². The summed E-state index contributed by atoms with van der Waals surface area (Å²) >= 11 is 0. The van der Waals surface area contributed by atoms with E-state index >= 15 is 0 Å². The molecular weight excluding hydrogens is 278 g/mol. The molecule has 0 aliphatic carbocycles. The monoisotopic (exact) mass is 303 g/mol. The summed E-state index contributed by atoms with van der Waals surface area (Å²) in [4.78, 5) is 0. The van der Waals surface area contributed by atoms with E-state index in [1.165, 1.54) is 6.26 Å². The van der Waals surface area contributed by atoms with Crippen molar-refractivity contribution in [3.8, 4) is 0 Å². The Hall–Kier alpha value is -0.170. The first-order chi connectivity index (χ1) is 9.43. The van der Waals surface area contributed by atoms with Crippen LogP contribution in [0.25, 0.3) is 0 Å². The van der Waals surface area contributed by atoms with Gasteiger partial charge in [-0.05, 0) is 44.4 Å². The second-order valence-corrected chi connectivity index (χ2v) is 8.69. The lowest BCUT2D eigenvalue weighted by molar-refractivity contribution is 0.0257. The summed E-state index contributed by atoms with van der Waals surface area (Å²) in [5, 5.41) is 10.5. The first-order valence-corrected chi connectivity index (χ1v) is 9.57. The molecule has 1 N–H and O–H groups in total. The molecule has 5 atom stereocenters. The maximum Gasteiger partial charge on any atom is 0.211 e. The number of fused-ring (bicyclic) bond motifs is 2. The van der Waals surface area contributed by atoms with Crippen molar-refractivity contribution in [2.24, 2.45) is 11.8 Å². The highest BCUT2D eigenvalue weighted by molar-refractivity contribution is 7.88. The first-order valence-electron chi connectivity index (χ1n) is 7.72. The Balaban J connectivity index is 1.55. The Morgan fingerprint density at radius 3 is 2.75 bits per heavy atom. The molecule has 3 aliphatic heterocycles. The summed E-state index contributed by atoms with van der Waals surface area (Å²) in [5.74, 6) is 0.551. The zero-order valence-corrected chi connectivity index (χ0v) is 12.9. The Morgan fingerprint density at radius 1 is 1.35 bits per heavy atom. The average Bonchev–Trinajstić information content (AvgIpc) is 3.00. The molecule has 6 heteroatoms. The summed E-state index contributed by atoms with van der Waals surface area (Å²) in [5.41, 5.74) is 0. The molecule has 2 bridgehead atoms. The van der Waals surface area contributed by atoms with Gasteiger partial charge in [-0.2, -0.15) is 0 Å². The molecule has 0 aromatic heterocycles. The second-order valence-electron chi connectivity index (χ2n) is 6.71. The maximum atomic E-state index is 11.6. The zero-order valence-electron chi connectivity index (χ0n) is 12.1. The lowest BCUT2D eigenvalue weighted by atomic mass is 9.81. The highest BCUT2D eigenvalue weighted by Crippen LogP contribution is 2.42. The minimum atomic E-state index is -3.09. The van der Waals surface area contributed by atoms with Gasteiger partial charge in [0.2, 0.25) is 10.0 Å². The lowest BCUT2D eigenvalue weighted by Crippen LogP contribution is -2.41. The van der Waals surface area contributed by atoms with Crippen LogP contribution in [0, 0.1) is 11.8 Å². The topological polar surface area (TPSA) is 66.8 Å². The van der Waals surface area contributed by atoms with Gasteiger partial charge in [0.15, 0.2) is 0 Å². The maximum absolute atomic E-state index is 11.6. The molecule has 0 spiro atoms. The minimum Gasteiger partial charge on any atom is -0.393 e. The van der Waals surface area contributed by atoms with E-state index in [0.717, 1.165) is 32.1 Å². The number of aliphatic hydroxyl groups is 1. The smallest absolute Gasteiger partial charge is 0.211 e. The number of hydrogen-bond acceptors (Lipinski definition) is 4. The molecule has 3 fully saturated rings. The Morgan fingerprint density at radius 2 is 2.15 bits per heavy atom. The van der Waals surface area contributed by atoms with Gasteiger partial charge in [0.25, 0.3) is 0 Å². The van der Waals surface area contributed by atoms with Gasteiger partial charge in [-0.15, -0.1) is 0 Å². The van der Waals surface area contributed by atoms with Gasteiger partial charge < -0.3 is 9.84 Å². The molecule has 0 aromatic carbocycles. The fourth-order valence-electron chi connectivity index (χ4n) is 4.12. The zero-order chi connectivity index (χ0) is 14.3. The van der Waals surface area contributed by atoms with Gasteiger partial charge in [-0.1, -0.05) is 0 Å². The van der Waals surface area contributed by atoms with Crippen LogP contribution >= 0.6 is 0 Å². The number of sulfonamides is 1. The summed E-state index contributed by atoms with van der Waals surface area (Å²) in [6, 6.07) is 0. The fourth-order valence-corrected chi connectivity index (χ4v) is 5.06. The van der Waals surface area contributed by atoms with E-state index in [2.05, 4.69) is 0 Å². The molecule has 3 aliphatic rings. The highest BCUT2D eigenvalue weighted by Gasteiger charge is 2.44. The molecule has 0 aromatic rings. The molecule has 0 saturated carbocycles. The normalized spacial score (nSPS) is 40.1. The highest BCUT2D eigenvalue weighted by atomic mass is 32.2. The van der Waals surface area contributed by atoms with Crippen molar-refractivity contribution in [3.05, 3.63) is 0 Å². The third-order valence-corrected chi connectivity index (χ3v) is 6.44. The SMILES string of the molecule is CS(=O)(=O)N1CCCC(CC(O)C2CC3CCC2O3)C1. The number of hydrogen-bond donors (Lipinski definition) is 1. The molecule has 116 valence electrons. The minimum absolute atomic E-state index is 0.240. The van der Waals surface area contributed by atoms with E-state index in [-0.39, 0.29) is 24.0 Å². The van der Waals surface area contributed by atoms with E-state index in [0.29, 0.717) is 25.6 Å². The van der Waals surface area contributed by atoms with Gasteiger partial charge in [0, 0.05) is 19.0 Å². The van der Waals surface area contributed by atoms with Crippen LogP contribution in [0.2, 0.25) is 0 Å². The van der Waals surface area contributed by atoms with Gasteiger partial charge >= 0.3 is 0 Å². The van der Waals surface area contributed by atoms with Crippen molar-refractivity contribution >= 4 is 10.0 Å². The third kappa shape index (κ3) is 3.03. The Bertz CT molecular complexity index is 452. The predicted octanol–water partition coefficient (Wildman–Crippen LogP) is 0.976. The number of ether oxygens (including phenoxy) is 1. The standard InChI is InChI=1S/C14H25NO4S/c1-20(17,18)15-6-2-3-10(9-15)7-13(16)12-8-11-4-5-14(12)19-11/h10-14,16H,2-9H2,1H3. The number of rotatable bonds is 4. The lowest BCUT2D eigenvalue weighted by Gasteiger charge is -2.34. The van der Waals surface area contributed by atoms with Crippen LogP contribution in [0.15, 0.2) is 0 Å². The first kappa shape index (κ1) is 14.8. The van der Waals surface area contributed by atoms with Crippen LogP contribution < -0.4 is 0 Å². The average molecular weight is 303 g/mol. The molecule has 5 nitrogen and oxygen atoms in total. The van der Waals surface area contributed by atoms with Gasteiger partial charge in [0.1, 0.15) is 0 Å². The van der Waals surface area contributed by atoms with E-state index in [4.69, 9.17) is 4.74 Å². The van der Waals surface area contributed by atoms with Crippen molar-refractivity contribution in [2.45, 2.75) is 56.8 Å². The Kier molecular flexibility index (Phi) is 4.10. The van der Waals surface area contributed by atoms with Gasteiger partial charge in [0.05, 0.1) is 24.6 Å². The van der Waals surface area contributed by atoms with Crippen molar-refractivity contribution in [1.29, 1.82) is 0 Å². The van der Waals surface area contributed by atoms with Crippen LogP contribution in [-0.4, -0.2) is 55.5 Å². The van der Waals surface area contributed by atoms with Gasteiger partial charge in [-0.25, -0.2) is 12.7 Å². The van der Waals surface area contributed by atoms with E-state index in [9.17, 15) is 13.5 Å². The summed E-state index contributed by atoms with van der Waals surface area (Å²) in [6.45, 7) is 1.19. The molecule has 0 amide bonds. The van der Waals surface area contributed by atoms with Crippen molar-refractivity contribution < 1.29 is 18.3 Å². The van der Waals surface area contributed by atoms with Crippen LogP contribution in [-0.2, 0) is 14.8 Å². The molecular formula is C14H25NO4S. The van der Waals surface area contributed by atoms with Crippen LogP contribution in [0.1, 0.15) is 38.5 Å². The van der Waals surface area contributed by atoms with E-state index in [1.54, 1.807) is 4.31 Å². The van der Waals surface area contributed by atoms with Crippen LogP contribution in [0.3, 0.4) is 0 Å². The number of nitrogens with zero attached hydrogens (tertiary/aromatic N) is 1. The fraction of sp³-hybridized carbons (Fsp3) is 1.00. The quantitative estimate of drug-likeness (QED) is 0.840. The van der Waals surface area contributed by atoms with Crippen molar-refractivity contribution in [2.75, 3.05) is 19.3 Å². The third-order valence-electron chi connectivity index (χ3n) is 5.17. The van der Waals surface area contributed by atoms with Crippen LogP contribution in [0.4, 0.5) is 0 Å². The number of piperidine rings is 1. The predicted molar refractivity (Wildman–Crippen MR) is 75.8 cm³/mol. The molecule has 3 heterocycles. The molecule has 20 heavy (non-hydrogen) atoms. The van der Waals surface area contributed by atoms with E-state index in [1.807, 2.05) is 0 Å². The summed E-state index contributed by atoms with van der Waals surface area (Å²) in [6.07, 6.45) is 7.36. The largest absolute Gasteiger partial charge is 0.393 e. The summed E-state index contributed by atoms with van der Waals surface area (Å²) < 4.78 is 30.6. The van der Waals surface area contributed by atoms with Gasteiger partial charge in [-0.3, -0.25) is 0 Å². The van der Waals surface area contributed by atoms with Crippen molar-refractivity contribution in [3.63, 3.8) is 0 Å². The Labute approximate surface area is 121 Å².